The Morgan fingerprint density at radius 1 is 1.03 bits per heavy atom. The van der Waals surface area contributed by atoms with E-state index in [4.69, 9.17) is 9.47 Å². The molecule has 0 radical (unpaired) electrons. The lowest BCUT2D eigenvalue weighted by atomic mass is 10.1. The molecule has 0 N–H and O–H groups in total. The third kappa shape index (κ3) is 5.86. The smallest absolute Gasteiger partial charge is 0.343 e. The van der Waals surface area contributed by atoms with Crippen LogP contribution in [0.4, 0.5) is 4.79 Å². The van der Waals surface area contributed by atoms with Gasteiger partial charge in [0.25, 0.3) is 11.1 Å². The number of nitrogens with zero attached hydrogens (tertiary/aromatic N) is 1. The second kappa shape index (κ2) is 10.8. The number of hydrogen-bond acceptors (Lipinski definition) is 6. The minimum absolute atomic E-state index is 0.191. The third-order valence-electron chi connectivity index (χ3n) is 5.16. The van der Waals surface area contributed by atoms with E-state index in [2.05, 4.69) is 31.9 Å². The highest BCUT2D eigenvalue weighted by atomic mass is 79.9. The number of carbonyl (C=O) groups excluding carboxylic acids is 3. The largest absolute Gasteiger partial charge is 0.493 e. The molecule has 9 heteroatoms. The van der Waals surface area contributed by atoms with Crippen LogP contribution < -0.4 is 9.47 Å². The molecule has 1 saturated heterocycles. The average Bonchev–Trinajstić information content (AvgIpc) is 3.09. The molecular formula is C26H19Br2NO5S. The third-order valence-corrected chi connectivity index (χ3v) is 7.18. The van der Waals surface area contributed by atoms with E-state index in [9.17, 15) is 14.4 Å². The molecule has 0 bridgehead atoms. The molecule has 178 valence electrons. The molecule has 1 aliphatic rings. The number of thioether (sulfide) groups is 1. The molecule has 35 heavy (non-hydrogen) atoms. The van der Waals surface area contributed by atoms with Crippen molar-refractivity contribution in [1.29, 1.82) is 0 Å². The molecule has 0 unspecified atom stereocenters. The molecule has 1 aliphatic heterocycles. The van der Waals surface area contributed by atoms with Crippen LogP contribution in [0.2, 0.25) is 0 Å². The molecule has 1 heterocycles. The molecule has 0 spiro atoms. The van der Waals surface area contributed by atoms with E-state index >= 15 is 0 Å². The number of rotatable bonds is 6. The van der Waals surface area contributed by atoms with Crippen LogP contribution in [0.25, 0.3) is 6.08 Å². The van der Waals surface area contributed by atoms with Gasteiger partial charge in [0.05, 0.1) is 28.6 Å². The molecule has 0 aliphatic carbocycles. The lowest BCUT2D eigenvalue weighted by molar-refractivity contribution is -0.123. The molecular weight excluding hydrogens is 598 g/mol. The highest BCUT2D eigenvalue weighted by molar-refractivity contribution is 9.10. The Balaban J connectivity index is 1.55. The van der Waals surface area contributed by atoms with E-state index in [-0.39, 0.29) is 23.4 Å². The Bertz CT molecular complexity index is 1340. The van der Waals surface area contributed by atoms with Crippen LogP contribution in [-0.4, -0.2) is 29.1 Å². The van der Waals surface area contributed by atoms with E-state index in [0.29, 0.717) is 26.3 Å². The summed E-state index contributed by atoms with van der Waals surface area (Å²) in [6.45, 7) is 2.12. The fourth-order valence-electron chi connectivity index (χ4n) is 3.32. The van der Waals surface area contributed by atoms with Crippen LogP contribution in [0.3, 0.4) is 0 Å². The molecule has 3 aromatic rings. The van der Waals surface area contributed by atoms with Gasteiger partial charge in [-0.2, -0.15) is 0 Å². The van der Waals surface area contributed by atoms with Gasteiger partial charge < -0.3 is 9.47 Å². The number of amides is 2. The number of esters is 1. The monoisotopic (exact) mass is 615 g/mol. The van der Waals surface area contributed by atoms with Crippen LogP contribution in [0.15, 0.2) is 74.5 Å². The maximum atomic E-state index is 12.9. The first kappa shape index (κ1) is 25.2. The van der Waals surface area contributed by atoms with Crippen LogP contribution in [0, 0.1) is 6.92 Å². The second-order valence-corrected chi connectivity index (χ2v) is 10.4. The van der Waals surface area contributed by atoms with Crippen molar-refractivity contribution in [2.45, 2.75) is 13.5 Å². The molecule has 1 fully saturated rings. The summed E-state index contributed by atoms with van der Waals surface area (Å²) in [5.41, 5.74) is 2.90. The van der Waals surface area contributed by atoms with Crippen LogP contribution in [-0.2, 0) is 11.3 Å². The van der Waals surface area contributed by atoms with Gasteiger partial charge in [-0.1, -0.05) is 45.8 Å². The van der Waals surface area contributed by atoms with E-state index in [1.165, 1.54) is 12.0 Å². The lowest BCUT2D eigenvalue weighted by Crippen LogP contribution is -2.27. The Morgan fingerprint density at radius 3 is 2.37 bits per heavy atom. The van der Waals surface area contributed by atoms with Gasteiger partial charge in [0.1, 0.15) is 0 Å². The molecule has 6 nitrogen and oxygen atoms in total. The number of methoxy groups -OCH3 is 1. The molecule has 3 aromatic carbocycles. The van der Waals surface area contributed by atoms with E-state index in [0.717, 1.165) is 27.4 Å². The highest BCUT2D eigenvalue weighted by Crippen LogP contribution is 2.39. The zero-order chi connectivity index (χ0) is 25.1. The zero-order valence-corrected chi connectivity index (χ0v) is 22.7. The molecule has 0 aromatic heterocycles. The maximum Gasteiger partial charge on any atom is 0.343 e. The summed E-state index contributed by atoms with van der Waals surface area (Å²) in [5, 5.41) is -0.334. The lowest BCUT2D eigenvalue weighted by Gasteiger charge is -2.13. The van der Waals surface area contributed by atoms with Crippen molar-refractivity contribution >= 4 is 66.8 Å². The number of imide groups is 1. The quantitative estimate of drug-likeness (QED) is 0.169. The SMILES string of the molecule is COc1cc(/C=C2\SC(=O)N(Cc3ccc(Br)cc3)C2=O)cc(Br)c1OC(=O)c1ccc(C)cc1. The van der Waals surface area contributed by atoms with Crippen molar-refractivity contribution in [3.05, 3.63) is 96.8 Å². The van der Waals surface area contributed by atoms with E-state index < -0.39 is 5.97 Å². The summed E-state index contributed by atoms with van der Waals surface area (Å²) in [7, 11) is 1.46. The summed E-state index contributed by atoms with van der Waals surface area (Å²) < 4.78 is 12.4. The van der Waals surface area contributed by atoms with E-state index in [1.807, 2.05) is 43.3 Å². The van der Waals surface area contributed by atoms with Gasteiger partial charge in [0.2, 0.25) is 0 Å². The topological polar surface area (TPSA) is 72.9 Å². The van der Waals surface area contributed by atoms with Gasteiger partial charge in [-0.05, 0) is 88.2 Å². The predicted octanol–water partition coefficient (Wildman–Crippen LogP) is 6.98. The van der Waals surface area contributed by atoms with Crippen LogP contribution in [0.1, 0.15) is 27.0 Å². The second-order valence-electron chi connectivity index (χ2n) is 7.68. The fraction of sp³-hybridized carbons (Fsp3) is 0.115. The van der Waals surface area contributed by atoms with Crippen molar-refractivity contribution in [2.24, 2.45) is 0 Å². The van der Waals surface area contributed by atoms with Gasteiger partial charge in [0, 0.05) is 4.47 Å². The number of benzene rings is 3. The van der Waals surface area contributed by atoms with Crippen molar-refractivity contribution in [2.75, 3.05) is 7.11 Å². The molecule has 0 saturated carbocycles. The number of aryl methyl sites for hydroxylation is 1. The summed E-state index contributed by atoms with van der Waals surface area (Å²) in [6, 6.07) is 17.8. The first-order valence-electron chi connectivity index (χ1n) is 10.4. The summed E-state index contributed by atoms with van der Waals surface area (Å²) in [5.74, 6) is -0.363. The normalized spacial score (nSPS) is 14.5. The number of halogens is 2. The van der Waals surface area contributed by atoms with Gasteiger partial charge in [-0.15, -0.1) is 0 Å². The summed E-state index contributed by atoms with van der Waals surface area (Å²) in [6.07, 6.45) is 1.62. The highest BCUT2D eigenvalue weighted by Gasteiger charge is 2.35. The van der Waals surface area contributed by atoms with Crippen molar-refractivity contribution in [3.8, 4) is 11.5 Å². The molecule has 4 rings (SSSR count). The predicted molar refractivity (Wildman–Crippen MR) is 142 cm³/mol. The van der Waals surface area contributed by atoms with Crippen LogP contribution in [0.5, 0.6) is 11.5 Å². The van der Waals surface area contributed by atoms with Gasteiger partial charge >= 0.3 is 5.97 Å². The Kier molecular flexibility index (Phi) is 7.78. The summed E-state index contributed by atoms with van der Waals surface area (Å²) >= 11 is 7.69. The zero-order valence-electron chi connectivity index (χ0n) is 18.7. The molecule has 2 amide bonds. The van der Waals surface area contributed by atoms with Gasteiger partial charge in [-0.25, -0.2) is 4.79 Å². The Morgan fingerprint density at radius 2 is 1.71 bits per heavy atom. The van der Waals surface area contributed by atoms with Crippen molar-refractivity contribution in [1.82, 2.24) is 4.90 Å². The van der Waals surface area contributed by atoms with Crippen molar-refractivity contribution in [3.63, 3.8) is 0 Å². The van der Waals surface area contributed by atoms with Crippen LogP contribution >= 0.6 is 43.6 Å². The fourth-order valence-corrected chi connectivity index (χ4v) is 4.97. The van der Waals surface area contributed by atoms with Crippen molar-refractivity contribution < 1.29 is 23.9 Å². The first-order valence-corrected chi connectivity index (χ1v) is 12.8. The maximum absolute atomic E-state index is 12.9. The number of ether oxygens (including phenoxy) is 2. The summed E-state index contributed by atoms with van der Waals surface area (Å²) in [4.78, 5) is 39.5. The van der Waals surface area contributed by atoms with Gasteiger partial charge in [-0.3, -0.25) is 14.5 Å². The minimum Gasteiger partial charge on any atom is -0.493 e. The standard InChI is InChI=1S/C26H19Br2NO5S/c1-15-3-7-18(8-4-15)25(31)34-23-20(28)11-17(12-21(23)33-2)13-22-24(30)29(26(32)35-22)14-16-5-9-19(27)10-6-16/h3-13H,14H2,1-2H3/b22-13-. The Labute approximate surface area is 223 Å². The Hall–Kier alpha value is -2.88. The van der Waals surface area contributed by atoms with Gasteiger partial charge in [0.15, 0.2) is 11.5 Å². The first-order chi connectivity index (χ1) is 16.7. The van der Waals surface area contributed by atoms with E-state index in [1.54, 1.807) is 30.3 Å². The molecule has 0 atom stereocenters. The number of carbonyl (C=O) groups is 3. The number of hydrogen-bond donors (Lipinski definition) is 0. The average molecular weight is 617 g/mol. The minimum atomic E-state index is -0.522.